The van der Waals surface area contributed by atoms with Crippen LogP contribution in [0.4, 0.5) is 0 Å². The fourth-order valence-electron chi connectivity index (χ4n) is 1.43. The van der Waals surface area contributed by atoms with Crippen LogP contribution < -0.4 is 0 Å². The van der Waals surface area contributed by atoms with Crippen molar-refractivity contribution in [3.05, 3.63) is 0 Å². The van der Waals surface area contributed by atoms with Crippen molar-refractivity contribution >= 4 is 12.4 Å². The third-order valence-electron chi connectivity index (χ3n) is 2.13. The van der Waals surface area contributed by atoms with Gasteiger partial charge in [-0.1, -0.05) is 0 Å². The van der Waals surface area contributed by atoms with Crippen LogP contribution in [-0.2, 0) is 9.59 Å². The second-order valence-corrected chi connectivity index (χ2v) is 2.83. The fraction of sp³-hybridized carbons (Fsp3) is 0.714. The van der Waals surface area contributed by atoms with Crippen molar-refractivity contribution in [1.29, 1.82) is 0 Å². The first-order chi connectivity index (χ1) is 5.16. The van der Waals surface area contributed by atoms with Gasteiger partial charge in [-0.15, -0.1) is 0 Å². The second kappa shape index (κ2) is 2.90. The van der Waals surface area contributed by atoms with Gasteiger partial charge in [-0.2, -0.15) is 0 Å². The van der Waals surface area contributed by atoms with E-state index >= 15 is 0 Å². The highest BCUT2D eigenvalue weighted by atomic mass is 16.4. The summed E-state index contributed by atoms with van der Waals surface area (Å²) < 4.78 is 0. The normalized spacial score (nSPS) is 30.5. The molecule has 0 aromatic heterocycles. The number of carbonyl (C=O) groups excluding carboxylic acids is 1. The molecule has 11 heavy (non-hydrogen) atoms. The van der Waals surface area contributed by atoms with E-state index in [0.717, 1.165) is 6.42 Å². The molecule has 0 aliphatic carbocycles. The monoisotopic (exact) mass is 157 g/mol. The Bertz CT molecular complexity index is 181. The number of carboxylic acids is 1. The minimum absolute atomic E-state index is 0.0774. The molecule has 2 atom stereocenters. The van der Waals surface area contributed by atoms with Gasteiger partial charge in [0.1, 0.15) is 6.04 Å². The van der Waals surface area contributed by atoms with E-state index in [1.807, 2.05) is 6.92 Å². The third kappa shape index (κ3) is 1.34. The second-order valence-electron chi connectivity index (χ2n) is 2.83. The molecule has 4 heteroatoms. The molecule has 0 aromatic rings. The zero-order valence-corrected chi connectivity index (χ0v) is 6.36. The Morgan fingerprint density at radius 2 is 2.27 bits per heavy atom. The molecular weight excluding hydrogens is 146 g/mol. The molecule has 0 aromatic carbocycles. The maximum absolute atomic E-state index is 10.5. The van der Waals surface area contributed by atoms with E-state index in [9.17, 15) is 9.59 Å². The fourth-order valence-corrected chi connectivity index (χ4v) is 1.43. The van der Waals surface area contributed by atoms with Crippen LogP contribution in [0, 0.1) is 0 Å². The molecule has 1 rings (SSSR count). The van der Waals surface area contributed by atoms with Gasteiger partial charge in [0.15, 0.2) is 0 Å². The first-order valence-electron chi connectivity index (χ1n) is 3.62. The van der Waals surface area contributed by atoms with Crippen LogP contribution in [0.25, 0.3) is 0 Å². The number of likely N-dealkylation sites (tertiary alicyclic amines) is 1. The molecule has 0 unspecified atom stereocenters. The first kappa shape index (κ1) is 8.04. The van der Waals surface area contributed by atoms with Crippen molar-refractivity contribution in [2.24, 2.45) is 0 Å². The maximum Gasteiger partial charge on any atom is 0.326 e. The summed E-state index contributed by atoms with van der Waals surface area (Å²) in [5.41, 5.74) is 0. The number of nitrogens with zero attached hydrogens (tertiary/aromatic N) is 1. The Morgan fingerprint density at radius 1 is 1.64 bits per heavy atom. The number of aliphatic carboxylic acids is 1. The Labute approximate surface area is 64.8 Å². The SMILES string of the molecule is C[C@H]1CC[C@@H](C(=O)O)N1C=O. The maximum atomic E-state index is 10.5. The quantitative estimate of drug-likeness (QED) is 0.577. The number of rotatable bonds is 2. The van der Waals surface area contributed by atoms with Crippen LogP contribution in [0.5, 0.6) is 0 Å². The lowest BCUT2D eigenvalue weighted by Crippen LogP contribution is -2.38. The topological polar surface area (TPSA) is 57.6 Å². The molecule has 1 aliphatic rings. The first-order valence-corrected chi connectivity index (χ1v) is 3.62. The van der Waals surface area contributed by atoms with Gasteiger partial charge >= 0.3 is 5.97 Å². The molecule has 62 valence electrons. The van der Waals surface area contributed by atoms with E-state index in [4.69, 9.17) is 5.11 Å². The number of hydrogen-bond donors (Lipinski definition) is 1. The van der Waals surface area contributed by atoms with Crippen molar-refractivity contribution in [2.75, 3.05) is 0 Å². The molecule has 0 spiro atoms. The van der Waals surface area contributed by atoms with Crippen molar-refractivity contribution in [2.45, 2.75) is 31.8 Å². The van der Waals surface area contributed by atoms with Gasteiger partial charge in [-0.25, -0.2) is 4.79 Å². The predicted molar refractivity (Wildman–Crippen MR) is 38.0 cm³/mol. The van der Waals surface area contributed by atoms with Crippen LogP contribution >= 0.6 is 0 Å². The van der Waals surface area contributed by atoms with Crippen molar-refractivity contribution in [3.8, 4) is 0 Å². The number of carboxylic acid groups (broad SMARTS) is 1. The average Bonchev–Trinajstić information content (AvgIpc) is 2.30. The lowest BCUT2D eigenvalue weighted by Gasteiger charge is -2.19. The van der Waals surface area contributed by atoms with Crippen LogP contribution in [0.2, 0.25) is 0 Å². The summed E-state index contributed by atoms with van der Waals surface area (Å²) in [6, 6.07) is -0.518. The molecule has 4 nitrogen and oxygen atoms in total. The van der Waals surface area contributed by atoms with Crippen LogP contribution in [0.15, 0.2) is 0 Å². The van der Waals surface area contributed by atoms with Crippen LogP contribution in [0.1, 0.15) is 19.8 Å². The van der Waals surface area contributed by atoms with E-state index < -0.39 is 12.0 Å². The standard InChI is InChI=1S/C7H11NO3/c1-5-2-3-6(7(10)11)8(5)4-9/h4-6H,2-3H2,1H3,(H,10,11)/t5-,6-/m0/s1. The molecule has 0 saturated carbocycles. The summed E-state index contributed by atoms with van der Waals surface area (Å²) in [7, 11) is 0. The Balaban J connectivity index is 2.68. The highest BCUT2D eigenvalue weighted by molar-refractivity contribution is 5.77. The summed E-state index contributed by atoms with van der Waals surface area (Å²) in [4.78, 5) is 22.3. The molecule has 1 saturated heterocycles. The van der Waals surface area contributed by atoms with Crippen molar-refractivity contribution < 1.29 is 14.7 Å². The summed E-state index contributed by atoms with van der Waals surface area (Å²) in [6.07, 6.45) is 1.99. The highest BCUT2D eigenvalue weighted by Gasteiger charge is 2.34. The Hall–Kier alpha value is -1.06. The number of hydrogen-bond acceptors (Lipinski definition) is 2. The van der Waals surface area contributed by atoms with Gasteiger partial charge in [-0.3, -0.25) is 4.79 Å². The van der Waals surface area contributed by atoms with Gasteiger partial charge in [-0.05, 0) is 19.8 Å². The van der Waals surface area contributed by atoms with E-state index in [1.165, 1.54) is 4.90 Å². The molecule has 1 aliphatic heterocycles. The molecule has 0 radical (unpaired) electrons. The number of carbonyl (C=O) groups is 2. The van der Waals surface area contributed by atoms with Crippen LogP contribution in [0.3, 0.4) is 0 Å². The largest absolute Gasteiger partial charge is 0.480 e. The van der Waals surface area contributed by atoms with Crippen molar-refractivity contribution in [3.63, 3.8) is 0 Å². The van der Waals surface area contributed by atoms with Gasteiger partial charge in [0, 0.05) is 6.04 Å². The van der Waals surface area contributed by atoms with E-state index in [1.54, 1.807) is 0 Å². The summed E-state index contributed by atoms with van der Waals surface area (Å²) in [5.74, 6) is -0.901. The zero-order chi connectivity index (χ0) is 8.43. The molecule has 1 amide bonds. The van der Waals surface area contributed by atoms with Gasteiger partial charge in [0.2, 0.25) is 6.41 Å². The van der Waals surface area contributed by atoms with Crippen LogP contribution in [-0.4, -0.2) is 34.5 Å². The van der Waals surface area contributed by atoms with E-state index in [0.29, 0.717) is 12.8 Å². The van der Waals surface area contributed by atoms with Gasteiger partial charge < -0.3 is 10.0 Å². The van der Waals surface area contributed by atoms with E-state index in [-0.39, 0.29) is 6.04 Å². The molecule has 0 bridgehead atoms. The Morgan fingerprint density at radius 3 is 2.64 bits per heavy atom. The smallest absolute Gasteiger partial charge is 0.326 e. The summed E-state index contributed by atoms with van der Waals surface area (Å²) >= 11 is 0. The molecular formula is C7H11NO3. The lowest BCUT2D eigenvalue weighted by atomic mass is 10.2. The summed E-state index contributed by atoms with van der Waals surface area (Å²) in [6.45, 7) is 1.86. The Kier molecular flexibility index (Phi) is 2.12. The minimum Gasteiger partial charge on any atom is -0.480 e. The molecule has 1 heterocycles. The lowest BCUT2D eigenvalue weighted by molar-refractivity contribution is -0.145. The zero-order valence-electron chi connectivity index (χ0n) is 6.36. The highest BCUT2D eigenvalue weighted by Crippen LogP contribution is 2.21. The van der Waals surface area contributed by atoms with E-state index in [2.05, 4.69) is 0 Å². The van der Waals surface area contributed by atoms with Gasteiger partial charge in [0.25, 0.3) is 0 Å². The third-order valence-corrected chi connectivity index (χ3v) is 2.13. The minimum atomic E-state index is -0.901. The average molecular weight is 157 g/mol. The number of amides is 1. The van der Waals surface area contributed by atoms with Crippen molar-refractivity contribution in [1.82, 2.24) is 4.90 Å². The predicted octanol–water partition coefficient (Wildman–Crippen LogP) is 0.0803. The van der Waals surface area contributed by atoms with Gasteiger partial charge in [0.05, 0.1) is 0 Å². The molecule has 1 fully saturated rings. The molecule has 1 N–H and O–H groups in total. The summed E-state index contributed by atoms with van der Waals surface area (Å²) in [5, 5.41) is 8.63.